The molecule has 2 nitrogen and oxygen atoms in total. The smallest absolute Gasteiger partial charge is 0.0870 e. The Balaban J connectivity index is 0.00000110. The lowest BCUT2D eigenvalue weighted by atomic mass is 10.0. The lowest BCUT2D eigenvalue weighted by Gasteiger charge is -2.21. The Hall–Kier alpha value is -1.80. The number of benzene rings is 2. The summed E-state index contributed by atoms with van der Waals surface area (Å²) in [4.78, 5) is 7.20. The highest BCUT2D eigenvalue weighted by molar-refractivity contribution is 6.09. The Kier molecular flexibility index (Phi) is 2.83. The van der Waals surface area contributed by atoms with E-state index in [4.69, 9.17) is 4.99 Å². The van der Waals surface area contributed by atoms with Crippen LogP contribution in [0.5, 0.6) is 0 Å². The van der Waals surface area contributed by atoms with Gasteiger partial charge in [0.1, 0.15) is 0 Å². The van der Waals surface area contributed by atoms with Crippen molar-refractivity contribution in [2.24, 2.45) is 4.99 Å². The fourth-order valence-electron chi connectivity index (χ4n) is 3.02. The van der Waals surface area contributed by atoms with E-state index in [9.17, 15) is 0 Å². The number of nitrogens with zero attached hydrogens (tertiary/aromatic N) is 2. The predicted molar refractivity (Wildman–Crippen MR) is 82.7 cm³/mol. The summed E-state index contributed by atoms with van der Waals surface area (Å²) in [7, 11) is 0. The average Bonchev–Trinajstić information content (AvgIpc) is 2.77. The van der Waals surface area contributed by atoms with Gasteiger partial charge in [-0.1, -0.05) is 30.3 Å². The van der Waals surface area contributed by atoms with Crippen molar-refractivity contribution < 1.29 is 0 Å². The molecule has 2 aliphatic heterocycles. The molecule has 0 unspecified atom stereocenters. The van der Waals surface area contributed by atoms with E-state index in [0.29, 0.717) is 0 Å². The average molecular weight is 271 g/mol. The van der Waals surface area contributed by atoms with Gasteiger partial charge >= 0.3 is 0 Å². The van der Waals surface area contributed by atoms with Crippen molar-refractivity contribution in [1.82, 2.24) is 0 Å². The minimum Gasteiger partial charge on any atom is -0.339 e. The number of fused-ring (bicyclic) bond motifs is 2. The Morgan fingerprint density at radius 1 is 1.05 bits per heavy atom. The summed E-state index contributed by atoms with van der Waals surface area (Å²) in [5.41, 5.74) is 7.52. The van der Waals surface area contributed by atoms with Gasteiger partial charge in [-0.15, -0.1) is 12.4 Å². The molecule has 0 aromatic heterocycles. The lowest BCUT2D eigenvalue weighted by molar-refractivity contribution is 0.999. The highest BCUT2D eigenvalue weighted by atomic mass is 35.5. The molecule has 0 radical (unpaired) electrons. The van der Waals surface area contributed by atoms with E-state index in [1.54, 1.807) is 0 Å². The van der Waals surface area contributed by atoms with Crippen molar-refractivity contribution in [2.45, 2.75) is 13.3 Å². The molecule has 2 aromatic carbocycles. The first-order valence-electron chi connectivity index (χ1n) is 6.39. The summed E-state index contributed by atoms with van der Waals surface area (Å²) in [5.74, 6) is 0. The van der Waals surface area contributed by atoms with Crippen molar-refractivity contribution in [3.63, 3.8) is 0 Å². The zero-order valence-corrected chi connectivity index (χ0v) is 11.6. The second-order valence-electron chi connectivity index (χ2n) is 4.90. The van der Waals surface area contributed by atoms with Crippen LogP contribution >= 0.6 is 12.4 Å². The molecule has 0 spiro atoms. The molecule has 96 valence electrons. The second-order valence-corrected chi connectivity index (χ2v) is 4.90. The fourth-order valence-corrected chi connectivity index (χ4v) is 3.02. The van der Waals surface area contributed by atoms with Gasteiger partial charge in [0.2, 0.25) is 0 Å². The number of rotatable bonds is 0. The second kappa shape index (κ2) is 4.39. The summed E-state index contributed by atoms with van der Waals surface area (Å²) >= 11 is 0. The summed E-state index contributed by atoms with van der Waals surface area (Å²) < 4.78 is 0. The minimum absolute atomic E-state index is 0. The molecule has 4 rings (SSSR count). The molecule has 19 heavy (non-hydrogen) atoms. The summed E-state index contributed by atoms with van der Waals surface area (Å²) in [6.07, 6.45) is 1.13. The van der Waals surface area contributed by atoms with Crippen LogP contribution in [0, 0.1) is 0 Å². The molecule has 2 aromatic rings. The Bertz CT molecular complexity index is 676. The molecule has 2 aliphatic rings. The molecule has 0 saturated carbocycles. The topological polar surface area (TPSA) is 15.6 Å². The normalized spacial score (nSPS) is 15.0. The summed E-state index contributed by atoms with van der Waals surface area (Å²) in [6.45, 7) is 3.17. The van der Waals surface area contributed by atoms with Gasteiger partial charge in [0.15, 0.2) is 0 Å². The van der Waals surface area contributed by atoms with E-state index < -0.39 is 0 Å². The molecule has 0 atom stereocenters. The molecule has 0 fully saturated rings. The Morgan fingerprint density at radius 3 is 2.79 bits per heavy atom. The van der Waals surface area contributed by atoms with Crippen LogP contribution in [0.3, 0.4) is 0 Å². The van der Waals surface area contributed by atoms with E-state index in [-0.39, 0.29) is 12.4 Å². The molecule has 0 bridgehead atoms. The van der Waals surface area contributed by atoms with Crippen LogP contribution in [-0.2, 0) is 6.42 Å². The number of hydrogen-bond acceptors (Lipinski definition) is 2. The maximum Gasteiger partial charge on any atom is 0.0870 e. The molecule has 0 saturated heterocycles. The fraction of sp³-hybridized carbons (Fsp3) is 0.188. The maximum atomic E-state index is 4.78. The van der Waals surface area contributed by atoms with Crippen LogP contribution in [0.4, 0.5) is 17.1 Å². The standard InChI is InChI=1S/C16H14N2.ClH/c1-11-13-6-4-5-12-9-10-18(16(12)13)15-8-3-2-7-14(15)17-11;/h2-8H,9-10H2,1H3;1H. The first kappa shape index (κ1) is 12.2. The van der Waals surface area contributed by atoms with Crippen LogP contribution in [0.15, 0.2) is 47.5 Å². The molecular formula is C16H15ClN2. The van der Waals surface area contributed by atoms with Crippen molar-refractivity contribution in [3.05, 3.63) is 53.6 Å². The third-order valence-electron chi connectivity index (χ3n) is 3.84. The summed E-state index contributed by atoms with van der Waals surface area (Å²) in [5, 5.41) is 0. The van der Waals surface area contributed by atoms with Crippen LogP contribution in [-0.4, -0.2) is 12.3 Å². The Morgan fingerprint density at radius 2 is 1.89 bits per heavy atom. The highest BCUT2D eigenvalue weighted by Crippen LogP contribution is 2.44. The SMILES string of the molecule is CC1=Nc2ccccc2N2CCc3cccc1c32.Cl. The van der Waals surface area contributed by atoms with Crippen molar-refractivity contribution in [3.8, 4) is 0 Å². The van der Waals surface area contributed by atoms with Gasteiger partial charge in [-0.2, -0.15) is 0 Å². The van der Waals surface area contributed by atoms with Gasteiger partial charge < -0.3 is 4.90 Å². The first-order valence-corrected chi connectivity index (χ1v) is 6.39. The molecule has 0 aliphatic carbocycles. The van der Waals surface area contributed by atoms with Gasteiger partial charge in [-0.05, 0) is 31.0 Å². The summed E-state index contributed by atoms with van der Waals surface area (Å²) in [6, 6.07) is 15.0. The van der Waals surface area contributed by atoms with E-state index in [0.717, 1.165) is 24.4 Å². The molecule has 0 amide bonds. The number of para-hydroxylation sites is 3. The van der Waals surface area contributed by atoms with E-state index in [1.807, 2.05) is 0 Å². The van der Waals surface area contributed by atoms with Crippen LogP contribution in [0.1, 0.15) is 18.1 Å². The third-order valence-corrected chi connectivity index (χ3v) is 3.84. The molecule has 0 N–H and O–H groups in total. The zero-order valence-electron chi connectivity index (χ0n) is 10.8. The van der Waals surface area contributed by atoms with Crippen LogP contribution in [0.2, 0.25) is 0 Å². The van der Waals surface area contributed by atoms with Gasteiger partial charge in [0.25, 0.3) is 0 Å². The molecular weight excluding hydrogens is 256 g/mol. The van der Waals surface area contributed by atoms with E-state index in [1.165, 1.54) is 22.5 Å². The van der Waals surface area contributed by atoms with Gasteiger partial charge in [0.05, 0.1) is 17.1 Å². The number of halogens is 1. The van der Waals surface area contributed by atoms with Crippen LogP contribution < -0.4 is 4.90 Å². The maximum absolute atomic E-state index is 4.78. The third kappa shape index (κ3) is 1.67. The monoisotopic (exact) mass is 270 g/mol. The quantitative estimate of drug-likeness (QED) is 0.698. The van der Waals surface area contributed by atoms with Crippen LogP contribution in [0.25, 0.3) is 0 Å². The van der Waals surface area contributed by atoms with Gasteiger partial charge in [-0.25, -0.2) is 0 Å². The lowest BCUT2D eigenvalue weighted by Crippen LogP contribution is -2.14. The van der Waals surface area contributed by atoms with Gasteiger partial charge in [-0.3, -0.25) is 4.99 Å². The Labute approximate surface area is 119 Å². The number of aliphatic imine (C=N–C) groups is 1. The largest absolute Gasteiger partial charge is 0.339 e. The van der Waals surface area contributed by atoms with E-state index >= 15 is 0 Å². The first-order chi connectivity index (χ1) is 8.84. The minimum atomic E-state index is 0. The number of anilines is 2. The predicted octanol–water partition coefficient (Wildman–Crippen LogP) is 4.26. The van der Waals surface area contributed by atoms with Gasteiger partial charge in [0, 0.05) is 17.8 Å². The van der Waals surface area contributed by atoms with Crippen molar-refractivity contribution >= 4 is 35.2 Å². The number of hydrogen-bond donors (Lipinski definition) is 0. The molecule has 3 heteroatoms. The van der Waals surface area contributed by atoms with Crippen molar-refractivity contribution in [1.29, 1.82) is 0 Å². The van der Waals surface area contributed by atoms with Crippen molar-refractivity contribution in [2.75, 3.05) is 11.4 Å². The zero-order chi connectivity index (χ0) is 12.1. The van der Waals surface area contributed by atoms with E-state index in [2.05, 4.69) is 54.3 Å². The molecule has 2 heterocycles. The highest BCUT2D eigenvalue weighted by Gasteiger charge is 2.27.